The van der Waals surface area contributed by atoms with Crippen molar-refractivity contribution in [3.05, 3.63) is 0 Å². The summed E-state index contributed by atoms with van der Waals surface area (Å²) >= 11 is 1.05. The first-order valence-electron chi connectivity index (χ1n) is 4.93. The van der Waals surface area contributed by atoms with Crippen molar-refractivity contribution in [3.63, 3.8) is 0 Å². The van der Waals surface area contributed by atoms with Crippen molar-refractivity contribution < 1.29 is 19.9 Å². The molecule has 0 aromatic carbocycles. The van der Waals surface area contributed by atoms with Crippen molar-refractivity contribution in [1.82, 2.24) is 5.34 Å². The lowest BCUT2D eigenvalue weighted by Crippen LogP contribution is -2.24. The Hall–Kier alpha value is -1.65. The number of aliphatic imine (C=N–C) groups is 2. The monoisotopic (exact) mass is 275 g/mol. The van der Waals surface area contributed by atoms with Gasteiger partial charge in [0.1, 0.15) is 5.25 Å². The summed E-state index contributed by atoms with van der Waals surface area (Å²) in [6, 6.07) is 0. The van der Waals surface area contributed by atoms with Gasteiger partial charge in [0.05, 0.1) is 6.61 Å². The minimum atomic E-state index is -0.559. The Labute approximate surface area is 107 Å². The summed E-state index contributed by atoms with van der Waals surface area (Å²) in [6.07, 6.45) is 0. The van der Waals surface area contributed by atoms with Crippen molar-refractivity contribution >= 4 is 34.6 Å². The Kier molecular flexibility index (Phi) is 5.07. The molecular weight excluding hydrogens is 262 g/mol. The third-order valence-electron chi connectivity index (χ3n) is 1.78. The second-order valence-electron chi connectivity index (χ2n) is 3.12. The van der Waals surface area contributed by atoms with E-state index in [1.54, 1.807) is 13.8 Å². The number of nitrogens with zero attached hydrogens (tertiary/aromatic N) is 4. The normalized spacial score (nSPS) is 22.0. The number of carbonyl (C=O) groups excluding carboxylic acids is 1. The van der Waals surface area contributed by atoms with E-state index in [1.165, 1.54) is 0 Å². The van der Waals surface area contributed by atoms with Crippen LogP contribution in [0.1, 0.15) is 13.8 Å². The molecule has 18 heavy (non-hydrogen) atoms. The van der Waals surface area contributed by atoms with Gasteiger partial charge in [0.25, 0.3) is 0 Å². The summed E-state index contributed by atoms with van der Waals surface area (Å²) in [5, 5.41) is 19.0. The van der Waals surface area contributed by atoms with Crippen molar-refractivity contribution in [3.8, 4) is 0 Å². The molecule has 0 bridgehead atoms. The van der Waals surface area contributed by atoms with Gasteiger partial charge in [0.15, 0.2) is 5.17 Å². The van der Waals surface area contributed by atoms with Crippen molar-refractivity contribution in [2.45, 2.75) is 19.1 Å². The van der Waals surface area contributed by atoms with E-state index < -0.39 is 22.5 Å². The molecule has 0 aliphatic carbocycles. The van der Waals surface area contributed by atoms with Gasteiger partial charge in [-0.2, -0.15) is 4.99 Å². The van der Waals surface area contributed by atoms with Gasteiger partial charge in [0, 0.05) is 5.71 Å². The highest BCUT2D eigenvalue weighted by molar-refractivity contribution is 8.16. The summed E-state index contributed by atoms with van der Waals surface area (Å²) in [5.74, 6) is -0.807. The van der Waals surface area contributed by atoms with Gasteiger partial charge in [0.2, 0.25) is 5.96 Å². The molecule has 0 aromatic rings. The van der Waals surface area contributed by atoms with E-state index >= 15 is 0 Å². The molecule has 1 unspecified atom stereocenters. The number of hydrazone groups is 1. The van der Waals surface area contributed by atoms with E-state index in [2.05, 4.69) is 15.1 Å². The number of guanidine groups is 1. The highest BCUT2D eigenvalue weighted by Gasteiger charge is 2.31. The first-order chi connectivity index (χ1) is 8.43. The largest absolute Gasteiger partial charge is 0.465 e. The predicted molar refractivity (Wildman–Crippen MR) is 65.6 cm³/mol. The lowest BCUT2D eigenvalue weighted by molar-refractivity contribution is -0.307. The maximum atomic E-state index is 11.5. The number of amidine groups is 1. The Morgan fingerprint density at radius 2 is 2.33 bits per heavy atom. The number of hydrogen-bond acceptors (Lipinski definition) is 7. The minimum Gasteiger partial charge on any atom is -0.465 e. The molecule has 4 N–H and O–H groups in total. The number of ether oxygens (including phenoxy) is 1. The molecule has 9 nitrogen and oxygen atoms in total. The van der Waals surface area contributed by atoms with Crippen LogP contribution in [-0.4, -0.2) is 50.4 Å². The number of nitrogens with two attached hydrogens (primary N) is 1. The van der Waals surface area contributed by atoms with E-state index in [9.17, 15) is 4.79 Å². The second kappa shape index (κ2) is 6.33. The SMILES string of the molecule is CCOC(=O)C1S/C(=N\C(N)=N\N(O)O)N=C1C. The van der Waals surface area contributed by atoms with E-state index in [1.807, 2.05) is 0 Å². The molecule has 0 fully saturated rings. The van der Waals surface area contributed by atoms with Crippen molar-refractivity contribution in [1.29, 1.82) is 0 Å². The molecule has 0 aromatic heterocycles. The van der Waals surface area contributed by atoms with Gasteiger partial charge in [-0.3, -0.25) is 4.79 Å². The predicted octanol–water partition coefficient (Wildman–Crippen LogP) is -0.208. The summed E-state index contributed by atoms with van der Waals surface area (Å²) in [5.41, 5.74) is 5.82. The highest BCUT2D eigenvalue weighted by Crippen LogP contribution is 2.24. The van der Waals surface area contributed by atoms with Gasteiger partial charge in [-0.1, -0.05) is 16.9 Å². The van der Waals surface area contributed by atoms with Crippen LogP contribution in [0.15, 0.2) is 15.1 Å². The molecule has 0 saturated carbocycles. The van der Waals surface area contributed by atoms with Crippen molar-refractivity contribution in [2.75, 3.05) is 6.61 Å². The maximum absolute atomic E-state index is 11.5. The minimum absolute atomic E-state index is 0.202. The molecule has 1 heterocycles. The molecule has 0 spiro atoms. The fourth-order valence-corrected chi connectivity index (χ4v) is 2.07. The van der Waals surface area contributed by atoms with E-state index in [-0.39, 0.29) is 11.8 Å². The molecule has 1 aliphatic rings. The first kappa shape index (κ1) is 14.4. The van der Waals surface area contributed by atoms with Crippen LogP contribution in [0, 0.1) is 0 Å². The van der Waals surface area contributed by atoms with Crippen molar-refractivity contribution in [2.24, 2.45) is 20.8 Å². The molecular formula is C8H13N5O4S. The number of carbonyl (C=O) groups is 1. The van der Waals surface area contributed by atoms with Gasteiger partial charge < -0.3 is 10.5 Å². The average Bonchev–Trinajstić information content (AvgIpc) is 2.58. The fourth-order valence-electron chi connectivity index (χ4n) is 1.13. The molecule has 1 rings (SSSR count). The lowest BCUT2D eigenvalue weighted by Gasteiger charge is -2.06. The van der Waals surface area contributed by atoms with E-state index in [4.69, 9.17) is 20.9 Å². The molecule has 1 aliphatic heterocycles. The van der Waals surface area contributed by atoms with E-state index in [0.717, 1.165) is 11.8 Å². The summed E-state index contributed by atoms with van der Waals surface area (Å²) in [7, 11) is 0. The van der Waals surface area contributed by atoms with Crippen LogP contribution >= 0.6 is 11.8 Å². The van der Waals surface area contributed by atoms with Gasteiger partial charge in [-0.25, -0.2) is 15.4 Å². The van der Waals surface area contributed by atoms with Crippen LogP contribution in [0.4, 0.5) is 0 Å². The van der Waals surface area contributed by atoms with Gasteiger partial charge >= 0.3 is 5.97 Å². The van der Waals surface area contributed by atoms with Crippen LogP contribution in [0.2, 0.25) is 0 Å². The standard InChI is InChI=1S/C8H13N5O4S/c1-3-17-6(14)5-4(2)10-8(18-5)11-7(9)12-13(15)16/h5,15-16H,3H2,1-2H3,(H2,9,12)/b11-8-. The number of hydrogen-bond donors (Lipinski definition) is 3. The Bertz CT molecular complexity index is 420. The third kappa shape index (κ3) is 3.98. The molecule has 10 heteroatoms. The van der Waals surface area contributed by atoms with Gasteiger partial charge in [-0.05, 0) is 19.2 Å². The van der Waals surface area contributed by atoms with Crippen LogP contribution in [0.5, 0.6) is 0 Å². The van der Waals surface area contributed by atoms with Crippen LogP contribution < -0.4 is 5.73 Å². The fraction of sp³-hybridized carbons (Fsp3) is 0.500. The second-order valence-corrected chi connectivity index (χ2v) is 4.20. The Morgan fingerprint density at radius 3 is 2.89 bits per heavy atom. The zero-order valence-corrected chi connectivity index (χ0v) is 10.6. The van der Waals surface area contributed by atoms with Gasteiger partial charge in [-0.15, -0.1) is 0 Å². The molecule has 0 amide bonds. The number of rotatable bonds is 3. The number of thioether (sulfide) groups is 1. The average molecular weight is 275 g/mol. The first-order valence-corrected chi connectivity index (χ1v) is 5.81. The smallest absolute Gasteiger partial charge is 0.325 e. The molecule has 100 valence electrons. The molecule has 0 saturated heterocycles. The molecule has 0 radical (unpaired) electrons. The zero-order chi connectivity index (χ0) is 13.7. The van der Waals surface area contributed by atoms with Crippen LogP contribution in [0.3, 0.4) is 0 Å². The third-order valence-corrected chi connectivity index (χ3v) is 2.94. The van der Waals surface area contributed by atoms with Crippen LogP contribution in [0.25, 0.3) is 0 Å². The van der Waals surface area contributed by atoms with E-state index in [0.29, 0.717) is 5.71 Å². The zero-order valence-electron chi connectivity index (χ0n) is 9.77. The number of esters is 1. The van der Waals surface area contributed by atoms with Crippen LogP contribution in [-0.2, 0) is 9.53 Å². The summed E-state index contributed by atoms with van der Waals surface area (Å²) < 4.78 is 4.87. The highest BCUT2D eigenvalue weighted by atomic mass is 32.2. The summed E-state index contributed by atoms with van der Waals surface area (Å²) in [4.78, 5) is 19.3. The topological polar surface area (TPSA) is 133 Å². The molecule has 1 atom stereocenters. The lowest BCUT2D eigenvalue weighted by atomic mass is 10.3. The maximum Gasteiger partial charge on any atom is 0.325 e. The quantitative estimate of drug-likeness (QED) is 0.281. The Morgan fingerprint density at radius 1 is 1.67 bits per heavy atom. The summed E-state index contributed by atoms with van der Waals surface area (Å²) in [6.45, 7) is 3.65. The Balaban J connectivity index is 2.75.